The van der Waals surface area contributed by atoms with Gasteiger partial charge in [-0.2, -0.15) is 0 Å². The summed E-state index contributed by atoms with van der Waals surface area (Å²) in [6.45, 7) is 5.63. The summed E-state index contributed by atoms with van der Waals surface area (Å²) in [5.41, 5.74) is 1.09. The van der Waals surface area contributed by atoms with Crippen molar-refractivity contribution in [2.45, 2.75) is 31.1 Å². The van der Waals surface area contributed by atoms with E-state index in [4.69, 9.17) is 0 Å². The lowest BCUT2D eigenvalue weighted by molar-refractivity contribution is -0.123. The van der Waals surface area contributed by atoms with Crippen LogP contribution in [0.5, 0.6) is 0 Å². The van der Waals surface area contributed by atoms with Crippen molar-refractivity contribution >= 4 is 37.8 Å². The number of hydrogen-bond donors (Lipinski definition) is 1. The molecule has 16 heavy (non-hydrogen) atoms. The lowest BCUT2D eigenvalue weighted by Gasteiger charge is -2.20. The van der Waals surface area contributed by atoms with Crippen LogP contribution in [-0.2, 0) is 4.79 Å². The number of amides is 1. The highest BCUT2D eigenvalue weighted by atomic mass is 79.9. The van der Waals surface area contributed by atoms with Crippen LogP contribution in [-0.4, -0.2) is 10.2 Å². The fraction of sp³-hybridized carbons (Fsp3) is 0.417. The molecule has 0 unspecified atom stereocenters. The Balaban J connectivity index is 2.69. The summed E-state index contributed by atoms with van der Waals surface area (Å²) < 4.78 is 0.506. The molecule has 2 nitrogen and oxygen atoms in total. The van der Waals surface area contributed by atoms with Crippen LogP contribution in [0.3, 0.4) is 0 Å². The van der Waals surface area contributed by atoms with E-state index in [1.165, 1.54) is 0 Å². The predicted molar refractivity (Wildman–Crippen MR) is 73.7 cm³/mol. The van der Waals surface area contributed by atoms with Gasteiger partial charge in [-0.15, -0.1) is 0 Å². The standard InChI is InChI=1S/C12H15Br2NO/c1-8(15-11(16)12(2,3)14)9-4-6-10(13)7-5-9/h4-8H,1-3H3,(H,15,16)/t8-/m0/s1. The number of carbonyl (C=O) groups is 1. The molecule has 0 heterocycles. The molecular weight excluding hydrogens is 334 g/mol. The minimum atomic E-state index is -0.531. The molecular formula is C12H15Br2NO. The summed E-state index contributed by atoms with van der Waals surface area (Å²) >= 11 is 6.72. The molecule has 0 aromatic heterocycles. The van der Waals surface area contributed by atoms with Crippen LogP contribution in [0.2, 0.25) is 0 Å². The first-order chi connectivity index (χ1) is 7.30. The minimum Gasteiger partial charge on any atom is -0.348 e. The quantitative estimate of drug-likeness (QED) is 0.827. The highest BCUT2D eigenvalue weighted by Crippen LogP contribution is 2.20. The van der Waals surface area contributed by atoms with Gasteiger partial charge in [0.2, 0.25) is 5.91 Å². The summed E-state index contributed by atoms with van der Waals surface area (Å²) in [5.74, 6) is -0.0112. The number of alkyl halides is 1. The van der Waals surface area contributed by atoms with E-state index in [0.29, 0.717) is 0 Å². The number of carbonyl (C=O) groups excluding carboxylic acids is 1. The van der Waals surface area contributed by atoms with Crippen molar-refractivity contribution in [3.05, 3.63) is 34.3 Å². The molecule has 0 spiro atoms. The fourth-order valence-corrected chi connectivity index (χ4v) is 1.58. The summed E-state index contributed by atoms with van der Waals surface area (Å²) in [7, 11) is 0. The molecule has 1 atom stereocenters. The van der Waals surface area contributed by atoms with E-state index in [-0.39, 0.29) is 11.9 Å². The molecule has 88 valence electrons. The van der Waals surface area contributed by atoms with Crippen LogP contribution in [0.1, 0.15) is 32.4 Å². The third kappa shape index (κ3) is 3.91. The van der Waals surface area contributed by atoms with E-state index in [1.54, 1.807) is 0 Å². The third-order valence-corrected chi connectivity index (χ3v) is 3.15. The Morgan fingerprint density at radius 1 is 1.31 bits per heavy atom. The maximum absolute atomic E-state index is 11.7. The molecule has 0 radical (unpaired) electrons. The van der Waals surface area contributed by atoms with Gasteiger partial charge in [-0.05, 0) is 38.5 Å². The molecule has 1 rings (SSSR count). The van der Waals surface area contributed by atoms with Gasteiger partial charge in [0.1, 0.15) is 0 Å². The van der Waals surface area contributed by atoms with E-state index in [0.717, 1.165) is 10.0 Å². The van der Waals surface area contributed by atoms with Gasteiger partial charge in [-0.3, -0.25) is 4.79 Å². The highest BCUT2D eigenvalue weighted by molar-refractivity contribution is 9.10. The molecule has 0 aliphatic carbocycles. The lowest BCUT2D eigenvalue weighted by Crippen LogP contribution is -2.38. The zero-order valence-electron chi connectivity index (χ0n) is 9.55. The molecule has 0 aliphatic rings. The lowest BCUT2D eigenvalue weighted by atomic mass is 10.1. The second-order valence-corrected chi connectivity index (χ2v) is 7.12. The molecule has 0 aliphatic heterocycles. The Labute approximate surface area is 113 Å². The van der Waals surface area contributed by atoms with Crippen LogP contribution in [0.4, 0.5) is 0 Å². The van der Waals surface area contributed by atoms with Crippen LogP contribution in [0.15, 0.2) is 28.7 Å². The summed E-state index contributed by atoms with van der Waals surface area (Å²) in [5, 5.41) is 2.95. The van der Waals surface area contributed by atoms with Crippen molar-refractivity contribution in [3.63, 3.8) is 0 Å². The predicted octanol–water partition coefficient (Wildman–Crippen LogP) is 3.80. The largest absolute Gasteiger partial charge is 0.348 e. The monoisotopic (exact) mass is 347 g/mol. The zero-order chi connectivity index (χ0) is 12.3. The zero-order valence-corrected chi connectivity index (χ0v) is 12.7. The molecule has 1 amide bonds. The Hall–Kier alpha value is -0.350. The van der Waals surface area contributed by atoms with E-state index in [9.17, 15) is 4.79 Å². The molecule has 1 N–H and O–H groups in total. The van der Waals surface area contributed by atoms with Crippen LogP contribution < -0.4 is 5.32 Å². The molecule has 0 saturated carbocycles. The maximum atomic E-state index is 11.7. The van der Waals surface area contributed by atoms with Gasteiger partial charge in [-0.1, -0.05) is 44.0 Å². The van der Waals surface area contributed by atoms with Crippen LogP contribution in [0, 0.1) is 0 Å². The molecule has 1 aromatic rings. The van der Waals surface area contributed by atoms with E-state index in [1.807, 2.05) is 45.0 Å². The fourth-order valence-electron chi connectivity index (χ4n) is 1.20. The van der Waals surface area contributed by atoms with Crippen LogP contribution in [0.25, 0.3) is 0 Å². The normalized spacial score (nSPS) is 13.3. The van der Waals surface area contributed by atoms with Crippen molar-refractivity contribution < 1.29 is 4.79 Å². The SMILES string of the molecule is C[C@H](NC(=O)C(C)(C)Br)c1ccc(Br)cc1. The summed E-state index contributed by atoms with van der Waals surface area (Å²) in [6.07, 6.45) is 0. The van der Waals surface area contributed by atoms with Crippen molar-refractivity contribution in [2.24, 2.45) is 0 Å². The van der Waals surface area contributed by atoms with Crippen molar-refractivity contribution in [1.29, 1.82) is 0 Å². The van der Waals surface area contributed by atoms with Crippen molar-refractivity contribution in [3.8, 4) is 0 Å². The van der Waals surface area contributed by atoms with Gasteiger partial charge in [0.25, 0.3) is 0 Å². The molecule has 0 saturated heterocycles. The van der Waals surface area contributed by atoms with Gasteiger partial charge in [0.05, 0.1) is 10.4 Å². The van der Waals surface area contributed by atoms with Crippen molar-refractivity contribution in [2.75, 3.05) is 0 Å². The highest BCUT2D eigenvalue weighted by Gasteiger charge is 2.24. The molecule has 1 aromatic carbocycles. The Morgan fingerprint density at radius 3 is 2.25 bits per heavy atom. The van der Waals surface area contributed by atoms with Crippen molar-refractivity contribution in [1.82, 2.24) is 5.32 Å². The summed E-state index contributed by atoms with van der Waals surface area (Å²) in [4.78, 5) is 11.7. The van der Waals surface area contributed by atoms with Gasteiger partial charge < -0.3 is 5.32 Å². The van der Waals surface area contributed by atoms with E-state index < -0.39 is 4.32 Å². The van der Waals surface area contributed by atoms with Gasteiger partial charge >= 0.3 is 0 Å². The number of rotatable bonds is 3. The van der Waals surface area contributed by atoms with Crippen LogP contribution >= 0.6 is 31.9 Å². The van der Waals surface area contributed by atoms with Gasteiger partial charge in [0, 0.05) is 4.47 Å². The average Bonchev–Trinajstić information content (AvgIpc) is 2.17. The maximum Gasteiger partial charge on any atom is 0.236 e. The first-order valence-electron chi connectivity index (χ1n) is 5.06. The molecule has 4 heteroatoms. The number of hydrogen-bond acceptors (Lipinski definition) is 1. The second-order valence-electron chi connectivity index (χ2n) is 4.22. The number of halogens is 2. The topological polar surface area (TPSA) is 29.1 Å². The number of nitrogens with one attached hydrogen (secondary N) is 1. The molecule has 0 fully saturated rings. The number of benzene rings is 1. The summed E-state index contributed by atoms with van der Waals surface area (Å²) in [6, 6.07) is 7.94. The second kappa shape index (κ2) is 5.32. The Bertz CT molecular complexity index is 368. The minimum absolute atomic E-state index is 0.0112. The smallest absolute Gasteiger partial charge is 0.236 e. The van der Waals surface area contributed by atoms with Gasteiger partial charge in [0.15, 0.2) is 0 Å². The van der Waals surface area contributed by atoms with E-state index >= 15 is 0 Å². The third-order valence-electron chi connectivity index (χ3n) is 2.26. The Kier molecular flexibility index (Phi) is 4.56. The van der Waals surface area contributed by atoms with E-state index in [2.05, 4.69) is 37.2 Å². The van der Waals surface area contributed by atoms with Gasteiger partial charge in [-0.25, -0.2) is 0 Å². The Morgan fingerprint density at radius 2 is 1.81 bits per heavy atom. The molecule has 0 bridgehead atoms. The first-order valence-corrected chi connectivity index (χ1v) is 6.64. The first kappa shape index (κ1) is 13.7. The average molecular weight is 349 g/mol.